The third-order valence-electron chi connectivity index (χ3n) is 1.97. The van der Waals surface area contributed by atoms with Crippen molar-refractivity contribution in [2.75, 3.05) is 0 Å². The summed E-state index contributed by atoms with van der Waals surface area (Å²) in [4.78, 5) is 21.4. The third kappa shape index (κ3) is 3.10. The van der Waals surface area contributed by atoms with Crippen molar-refractivity contribution in [3.63, 3.8) is 0 Å². The summed E-state index contributed by atoms with van der Waals surface area (Å²) >= 11 is 0. The fourth-order valence-electron chi connectivity index (χ4n) is 1.33. The van der Waals surface area contributed by atoms with Crippen molar-refractivity contribution in [3.8, 4) is 5.75 Å². The molecule has 2 aromatic heterocycles. The smallest absolute Gasteiger partial charge is 0.251 e. The number of nitrogens with one attached hydrogen (secondary N) is 1. The number of rotatable bonds is 3. The lowest BCUT2D eigenvalue weighted by atomic mass is 10.4. The van der Waals surface area contributed by atoms with Crippen molar-refractivity contribution in [3.05, 3.63) is 52.2 Å². The molecule has 0 unspecified atom stereocenters. The second-order valence-corrected chi connectivity index (χ2v) is 3.46. The topological polar surface area (TPSA) is 67.9 Å². The number of hydrogen-bond donors (Lipinski definition) is 1. The van der Waals surface area contributed by atoms with Gasteiger partial charge in [0.15, 0.2) is 0 Å². The lowest BCUT2D eigenvalue weighted by molar-refractivity contribution is 0.292. The largest absolute Gasteiger partial charge is 0.484 e. The Kier molecular flexibility index (Phi) is 3.13. The van der Waals surface area contributed by atoms with Gasteiger partial charge in [-0.1, -0.05) is 0 Å². The quantitative estimate of drug-likeness (QED) is 0.867. The van der Waals surface area contributed by atoms with E-state index in [-0.39, 0.29) is 17.9 Å². The third-order valence-corrected chi connectivity index (χ3v) is 1.97. The van der Waals surface area contributed by atoms with Gasteiger partial charge in [0.05, 0.1) is 12.4 Å². The van der Waals surface area contributed by atoms with Gasteiger partial charge in [-0.25, -0.2) is 9.37 Å². The standard InChI is InChI=1S/C11H10FN3O2/c1-7-2-11(16)15-10(14-7)6-17-9-3-8(12)4-13-5-9/h2-5H,6H2,1H3,(H,14,15,16). The van der Waals surface area contributed by atoms with Crippen LogP contribution in [0, 0.1) is 12.7 Å². The minimum atomic E-state index is -0.479. The molecule has 1 N–H and O–H groups in total. The van der Waals surface area contributed by atoms with Crippen LogP contribution in [0.5, 0.6) is 5.75 Å². The average Bonchev–Trinajstić information content (AvgIpc) is 2.25. The highest BCUT2D eigenvalue weighted by molar-refractivity contribution is 5.17. The van der Waals surface area contributed by atoms with Crippen LogP contribution in [-0.4, -0.2) is 15.0 Å². The van der Waals surface area contributed by atoms with Crippen molar-refractivity contribution in [1.82, 2.24) is 15.0 Å². The summed E-state index contributed by atoms with van der Waals surface area (Å²) in [6, 6.07) is 2.59. The molecule has 5 nitrogen and oxygen atoms in total. The van der Waals surface area contributed by atoms with Gasteiger partial charge < -0.3 is 9.72 Å². The second kappa shape index (κ2) is 4.73. The summed E-state index contributed by atoms with van der Waals surface area (Å²) in [6.07, 6.45) is 2.47. The molecular formula is C11H10FN3O2. The summed E-state index contributed by atoms with van der Waals surface area (Å²) in [5.74, 6) is 0.196. The minimum Gasteiger partial charge on any atom is -0.484 e. The molecule has 6 heteroatoms. The monoisotopic (exact) mass is 235 g/mol. The van der Waals surface area contributed by atoms with Gasteiger partial charge >= 0.3 is 0 Å². The van der Waals surface area contributed by atoms with E-state index in [0.29, 0.717) is 11.5 Å². The number of aryl methyl sites for hydroxylation is 1. The van der Waals surface area contributed by atoms with Crippen molar-refractivity contribution in [2.24, 2.45) is 0 Å². The maximum absolute atomic E-state index is 12.8. The Morgan fingerprint density at radius 1 is 1.41 bits per heavy atom. The summed E-state index contributed by atoms with van der Waals surface area (Å²) in [7, 11) is 0. The number of hydrogen-bond acceptors (Lipinski definition) is 4. The maximum atomic E-state index is 12.8. The molecule has 0 aromatic carbocycles. The zero-order valence-electron chi connectivity index (χ0n) is 9.11. The minimum absolute atomic E-state index is 0.0576. The summed E-state index contributed by atoms with van der Waals surface area (Å²) in [5.41, 5.74) is 0.359. The number of pyridine rings is 1. The lowest BCUT2D eigenvalue weighted by Gasteiger charge is -2.05. The Balaban J connectivity index is 2.09. The first kappa shape index (κ1) is 11.3. The number of ether oxygens (including phenoxy) is 1. The fourth-order valence-corrected chi connectivity index (χ4v) is 1.33. The normalized spacial score (nSPS) is 10.2. The highest BCUT2D eigenvalue weighted by Crippen LogP contribution is 2.10. The molecule has 0 saturated heterocycles. The van der Waals surface area contributed by atoms with Gasteiger partial charge in [0.2, 0.25) is 0 Å². The average molecular weight is 235 g/mol. The van der Waals surface area contributed by atoms with Crippen LogP contribution in [0.4, 0.5) is 4.39 Å². The van der Waals surface area contributed by atoms with E-state index in [4.69, 9.17) is 4.74 Å². The Labute approximate surface area is 96.3 Å². The highest BCUT2D eigenvalue weighted by Gasteiger charge is 2.01. The van der Waals surface area contributed by atoms with Gasteiger partial charge in [0.1, 0.15) is 24.0 Å². The Morgan fingerprint density at radius 2 is 2.24 bits per heavy atom. The van der Waals surface area contributed by atoms with Crippen LogP contribution in [0.25, 0.3) is 0 Å². The molecule has 2 rings (SSSR count). The zero-order chi connectivity index (χ0) is 12.3. The molecule has 0 spiro atoms. The number of aromatic nitrogens is 3. The molecule has 0 aliphatic carbocycles. The number of halogens is 1. The Bertz CT molecular complexity index is 583. The highest BCUT2D eigenvalue weighted by atomic mass is 19.1. The Morgan fingerprint density at radius 3 is 2.94 bits per heavy atom. The van der Waals surface area contributed by atoms with Crippen LogP contribution in [0.3, 0.4) is 0 Å². The van der Waals surface area contributed by atoms with E-state index in [0.717, 1.165) is 6.20 Å². The van der Waals surface area contributed by atoms with Gasteiger partial charge in [0, 0.05) is 17.8 Å². The van der Waals surface area contributed by atoms with Crippen LogP contribution in [-0.2, 0) is 6.61 Å². The molecule has 17 heavy (non-hydrogen) atoms. The first-order valence-corrected chi connectivity index (χ1v) is 4.94. The van der Waals surface area contributed by atoms with Gasteiger partial charge in [-0.05, 0) is 6.92 Å². The molecule has 0 aliphatic rings. The van der Waals surface area contributed by atoms with E-state index >= 15 is 0 Å². The predicted octanol–water partition coefficient (Wildman–Crippen LogP) is 1.19. The van der Waals surface area contributed by atoms with E-state index in [1.54, 1.807) is 6.92 Å². The SMILES string of the molecule is Cc1cc(=O)[nH]c(COc2cncc(F)c2)n1. The molecule has 2 heterocycles. The maximum Gasteiger partial charge on any atom is 0.251 e. The van der Waals surface area contributed by atoms with Crippen molar-refractivity contribution in [2.45, 2.75) is 13.5 Å². The van der Waals surface area contributed by atoms with E-state index in [1.165, 1.54) is 18.3 Å². The van der Waals surface area contributed by atoms with E-state index in [9.17, 15) is 9.18 Å². The number of nitrogens with zero attached hydrogens (tertiary/aromatic N) is 2. The van der Waals surface area contributed by atoms with Crippen LogP contribution in [0.1, 0.15) is 11.5 Å². The van der Waals surface area contributed by atoms with Gasteiger partial charge in [0.25, 0.3) is 5.56 Å². The molecule has 88 valence electrons. The van der Waals surface area contributed by atoms with Crippen molar-refractivity contribution in [1.29, 1.82) is 0 Å². The lowest BCUT2D eigenvalue weighted by Crippen LogP contribution is -2.13. The fraction of sp³-hybridized carbons (Fsp3) is 0.182. The molecule has 0 radical (unpaired) electrons. The van der Waals surface area contributed by atoms with Crippen molar-refractivity contribution < 1.29 is 9.13 Å². The van der Waals surface area contributed by atoms with E-state index in [2.05, 4.69) is 15.0 Å². The van der Waals surface area contributed by atoms with Crippen LogP contribution < -0.4 is 10.3 Å². The number of aromatic amines is 1. The van der Waals surface area contributed by atoms with Crippen LogP contribution in [0.15, 0.2) is 29.3 Å². The molecule has 2 aromatic rings. The van der Waals surface area contributed by atoms with E-state index < -0.39 is 5.82 Å². The zero-order valence-corrected chi connectivity index (χ0v) is 9.11. The van der Waals surface area contributed by atoms with E-state index in [1.807, 2.05) is 0 Å². The summed E-state index contributed by atoms with van der Waals surface area (Å²) < 4.78 is 18.1. The molecule has 0 fully saturated rings. The molecule has 0 saturated carbocycles. The molecule has 0 aliphatic heterocycles. The molecule has 0 bridgehead atoms. The molecule has 0 amide bonds. The van der Waals surface area contributed by atoms with Crippen LogP contribution >= 0.6 is 0 Å². The summed E-state index contributed by atoms with van der Waals surface area (Å²) in [6.45, 7) is 1.77. The predicted molar refractivity (Wildman–Crippen MR) is 58.1 cm³/mol. The molecule has 0 atom stereocenters. The van der Waals surface area contributed by atoms with Gasteiger partial charge in [-0.2, -0.15) is 0 Å². The van der Waals surface area contributed by atoms with Gasteiger partial charge in [-0.3, -0.25) is 9.78 Å². The molecular weight excluding hydrogens is 225 g/mol. The second-order valence-electron chi connectivity index (χ2n) is 3.46. The van der Waals surface area contributed by atoms with Crippen LogP contribution in [0.2, 0.25) is 0 Å². The Hall–Kier alpha value is -2.24. The summed E-state index contributed by atoms with van der Waals surface area (Å²) in [5, 5.41) is 0. The first-order valence-electron chi connectivity index (χ1n) is 4.94. The van der Waals surface area contributed by atoms with Gasteiger partial charge in [-0.15, -0.1) is 0 Å². The first-order chi connectivity index (χ1) is 8.13. The van der Waals surface area contributed by atoms with Crippen molar-refractivity contribution >= 4 is 0 Å². The number of H-pyrrole nitrogens is 1.